The van der Waals surface area contributed by atoms with Crippen LogP contribution < -0.4 is 11.1 Å². The average molecular weight is 222 g/mol. The molecule has 0 spiro atoms. The predicted molar refractivity (Wildman–Crippen MR) is 60.9 cm³/mol. The van der Waals surface area contributed by atoms with Crippen LogP contribution in [0.5, 0.6) is 0 Å². The minimum absolute atomic E-state index is 0.0551. The molecule has 0 radical (unpaired) electrons. The van der Waals surface area contributed by atoms with Crippen LogP contribution in [0.2, 0.25) is 0 Å². The Bertz CT molecular complexity index is 374. The smallest absolute Gasteiger partial charge is 0.269 e. The van der Waals surface area contributed by atoms with Gasteiger partial charge in [-0.3, -0.25) is 9.48 Å². The molecule has 2 unspecified atom stereocenters. The van der Waals surface area contributed by atoms with E-state index in [1.54, 1.807) is 24.0 Å². The number of aromatic nitrogens is 2. The number of nitrogens with two attached hydrogens (primary N) is 1. The molecule has 0 saturated heterocycles. The molecule has 1 saturated carbocycles. The molecule has 2 rings (SSSR count). The molecule has 1 aromatic heterocycles. The Morgan fingerprint density at radius 3 is 3.06 bits per heavy atom. The fraction of sp³-hybridized carbons (Fsp3) is 0.636. The summed E-state index contributed by atoms with van der Waals surface area (Å²) in [5, 5.41) is 6.90. The fourth-order valence-electron chi connectivity index (χ4n) is 2.22. The second kappa shape index (κ2) is 4.65. The molecule has 88 valence electrons. The van der Waals surface area contributed by atoms with E-state index in [1.807, 2.05) is 0 Å². The molecule has 3 N–H and O–H groups in total. The first-order chi connectivity index (χ1) is 7.66. The van der Waals surface area contributed by atoms with Crippen LogP contribution in [-0.2, 0) is 7.05 Å². The highest BCUT2D eigenvalue weighted by atomic mass is 16.2. The van der Waals surface area contributed by atoms with Crippen molar-refractivity contribution in [3.63, 3.8) is 0 Å². The topological polar surface area (TPSA) is 72.9 Å². The van der Waals surface area contributed by atoms with Gasteiger partial charge in [-0.05, 0) is 31.2 Å². The van der Waals surface area contributed by atoms with Crippen LogP contribution >= 0.6 is 0 Å². The van der Waals surface area contributed by atoms with E-state index in [0.29, 0.717) is 17.7 Å². The number of aryl methyl sites for hydroxylation is 1. The number of hydrogen-bond donors (Lipinski definition) is 2. The fourth-order valence-corrected chi connectivity index (χ4v) is 2.22. The maximum atomic E-state index is 11.8. The monoisotopic (exact) mass is 222 g/mol. The Morgan fingerprint density at radius 1 is 1.69 bits per heavy atom. The van der Waals surface area contributed by atoms with E-state index in [1.165, 1.54) is 0 Å². The Kier molecular flexibility index (Phi) is 3.24. The van der Waals surface area contributed by atoms with Gasteiger partial charge in [0.25, 0.3) is 5.91 Å². The van der Waals surface area contributed by atoms with Gasteiger partial charge in [0.2, 0.25) is 0 Å². The molecule has 0 aliphatic heterocycles. The summed E-state index contributed by atoms with van der Waals surface area (Å²) in [6.07, 6.45) is 4.84. The normalized spacial score (nSPS) is 24.6. The van der Waals surface area contributed by atoms with Crippen molar-refractivity contribution in [3.8, 4) is 0 Å². The zero-order chi connectivity index (χ0) is 11.5. The Labute approximate surface area is 95.0 Å². The third kappa shape index (κ3) is 2.41. The van der Waals surface area contributed by atoms with Gasteiger partial charge in [0.15, 0.2) is 0 Å². The zero-order valence-electron chi connectivity index (χ0n) is 9.52. The Morgan fingerprint density at radius 2 is 2.50 bits per heavy atom. The summed E-state index contributed by atoms with van der Waals surface area (Å²) in [7, 11) is 1.76. The first kappa shape index (κ1) is 11.1. The van der Waals surface area contributed by atoms with Crippen LogP contribution in [0.3, 0.4) is 0 Å². The molecule has 1 heterocycles. The average Bonchev–Trinajstić information content (AvgIpc) is 2.84. The number of amides is 1. The van der Waals surface area contributed by atoms with Gasteiger partial charge in [-0.15, -0.1) is 0 Å². The zero-order valence-corrected chi connectivity index (χ0v) is 9.52. The molecule has 0 bridgehead atoms. The quantitative estimate of drug-likeness (QED) is 0.771. The molecule has 1 amide bonds. The predicted octanol–water partition coefficient (Wildman–Crippen LogP) is 0.277. The van der Waals surface area contributed by atoms with Crippen LogP contribution in [0.25, 0.3) is 0 Å². The molecule has 2 atom stereocenters. The number of carbonyl (C=O) groups excluding carboxylic acids is 1. The van der Waals surface area contributed by atoms with E-state index in [4.69, 9.17) is 5.73 Å². The maximum Gasteiger partial charge on any atom is 0.269 e. The third-order valence-corrected chi connectivity index (χ3v) is 3.19. The van der Waals surface area contributed by atoms with Gasteiger partial charge in [0.05, 0.1) is 0 Å². The number of hydrogen-bond acceptors (Lipinski definition) is 3. The van der Waals surface area contributed by atoms with Crippen LogP contribution in [-0.4, -0.2) is 28.3 Å². The molecule has 1 aliphatic carbocycles. The standard InChI is InChI=1S/C11H18N4O/c1-15-10(4-5-14-15)11(16)13-7-8-2-3-9(12)6-8/h4-5,8-9H,2-3,6-7,12H2,1H3,(H,13,16). The first-order valence-electron chi connectivity index (χ1n) is 5.68. The van der Waals surface area contributed by atoms with Gasteiger partial charge in [0, 0.05) is 25.8 Å². The van der Waals surface area contributed by atoms with Crippen molar-refractivity contribution >= 4 is 5.91 Å². The van der Waals surface area contributed by atoms with E-state index in [0.717, 1.165) is 25.8 Å². The van der Waals surface area contributed by atoms with Crippen molar-refractivity contribution in [2.45, 2.75) is 25.3 Å². The maximum absolute atomic E-state index is 11.8. The van der Waals surface area contributed by atoms with E-state index >= 15 is 0 Å². The van der Waals surface area contributed by atoms with Crippen molar-refractivity contribution in [1.82, 2.24) is 15.1 Å². The lowest BCUT2D eigenvalue weighted by Gasteiger charge is -2.10. The highest BCUT2D eigenvalue weighted by Crippen LogP contribution is 2.23. The van der Waals surface area contributed by atoms with Crippen molar-refractivity contribution in [2.75, 3.05) is 6.54 Å². The van der Waals surface area contributed by atoms with Crippen molar-refractivity contribution in [2.24, 2.45) is 18.7 Å². The van der Waals surface area contributed by atoms with Crippen molar-refractivity contribution in [1.29, 1.82) is 0 Å². The molecule has 1 aliphatic rings. The highest BCUT2D eigenvalue weighted by Gasteiger charge is 2.22. The number of nitrogens with zero attached hydrogens (tertiary/aromatic N) is 2. The second-order valence-corrected chi connectivity index (χ2v) is 4.49. The van der Waals surface area contributed by atoms with Crippen LogP contribution in [0, 0.1) is 5.92 Å². The lowest BCUT2D eigenvalue weighted by Crippen LogP contribution is -2.30. The second-order valence-electron chi connectivity index (χ2n) is 4.49. The van der Waals surface area contributed by atoms with Gasteiger partial charge in [-0.1, -0.05) is 0 Å². The molecule has 1 aromatic rings. The molecule has 1 fully saturated rings. The SMILES string of the molecule is Cn1nccc1C(=O)NCC1CCC(N)C1. The largest absolute Gasteiger partial charge is 0.350 e. The van der Waals surface area contributed by atoms with Crippen LogP contribution in [0.1, 0.15) is 29.8 Å². The lowest BCUT2D eigenvalue weighted by molar-refractivity contribution is 0.0938. The highest BCUT2D eigenvalue weighted by molar-refractivity contribution is 5.92. The van der Waals surface area contributed by atoms with Crippen molar-refractivity contribution < 1.29 is 4.79 Å². The first-order valence-corrected chi connectivity index (χ1v) is 5.68. The molecule has 16 heavy (non-hydrogen) atoms. The summed E-state index contributed by atoms with van der Waals surface area (Å²) in [5.74, 6) is 0.479. The van der Waals surface area contributed by atoms with Crippen LogP contribution in [0.4, 0.5) is 0 Å². The molecule has 5 nitrogen and oxygen atoms in total. The number of nitrogens with one attached hydrogen (secondary N) is 1. The van der Waals surface area contributed by atoms with Crippen molar-refractivity contribution in [3.05, 3.63) is 18.0 Å². The van der Waals surface area contributed by atoms with Gasteiger partial charge in [0.1, 0.15) is 5.69 Å². The number of carbonyl (C=O) groups is 1. The summed E-state index contributed by atoms with van der Waals surface area (Å²) >= 11 is 0. The Hall–Kier alpha value is -1.36. The summed E-state index contributed by atoms with van der Waals surface area (Å²) in [5.41, 5.74) is 6.42. The van der Waals surface area contributed by atoms with Crippen LogP contribution in [0.15, 0.2) is 12.3 Å². The van der Waals surface area contributed by atoms with E-state index < -0.39 is 0 Å². The van der Waals surface area contributed by atoms with Gasteiger partial charge in [-0.25, -0.2) is 0 Å². The molecular formula is C11H18N4O. The van der Waals surface area contributed by atoms with Gasteiger partial charge in [-0.2, -0.15) is 5.10 Å². The summed E-state index contributed by atoms with van der Waals surface area (Å²) in [4.78, 5) is 11.8. The molecular weight excluding hydrogens is 204 g/mol. The minimum Gasteiger partial charge on any atom is -0.350 e. The van der Waals surface area contributed by atoms with E-state index in [2.05, 4.69) is 10.4 Å². The van der Waals surface area contributed by atoms with Gasteiger partial charge >= 0.3 is 0 Å². The number of rotatable bonds is 3. The lowest BCUT2D eigenvalue weighted by atomic mass is 10.1. The molecule has 0 aromatic carbocycles. The minimum atomic E-state index is -0.0551. The third-order valence-electron chi connectivity index (χ3n) is 3.19. The van der Waals surface area contributed by atoms with E-state index in [-0.39, 0.29) is 5.91 Å². The Balaban J connectivity index is 1.82. The molecule has 5 heteroatoms. The van der Waals surface area contributed by atoms with Gasteiger partial charge < -0.3 is 11.1 Å². The summed E-state index contributed by atoms with van der Waals surface area (Å²) in [6, 6.07) is 2.04. The van der Waals surface area contributed by atoms with E-state index in [9.17, 15) is 4.79 Å². The summed E-state index contributed by atoms with van der Waals surface area (Å²) < 4.78 is 1.58. The summed E-state index contributed by atoms with van der Waals surface area (Å²) in [6.45, 7) is 0.720.